The van der Waals surface area contributed by atoms with Gasteiger partial charge in [-0.3, -0.25) is 10.2 Å². The molecule has 0 saturated carbocycles. The number of hydrogen-bond donors (Lipinski definition) is 2. The van der Waals surface area contributed by atoms with E-state index in [4.69, 9.17) is 4.74 Å². The summed E-state index contributed by atoms with van der Waals surface area (Å²) in [5, 5.41) is 6.89. The van der Waals surface area contributed by atoms with Crippen LogP contribution in [0.2, 0.25) is 0 Å². The molecule has 2 aromatic carbocycles. The van der Waals surface area contributed by atoms with Gasteiger partial charge in [-0.15, -0.1) is 0 Å². The number of benzene rings is 2. The molecule has 0 saturated heterocycles. The lowest BCUT2D eigenvalue weighted by molar-refractivity contribution is -0.118. The second kappa shape index (κ2) is 8.98. The predicted molar refractivity (Wildman–Crippen MR) is 102 cm³/mol. The number of ether oxygens (including phenoxy) is 1. The van der Waals surface area contributed by atoms with Gasteiger partial charge in [0, 0.05) is 11.9 Å². The van der Waals surface area contributed by atoms with Gasteiger partial charge in [-0.25, -0.2) is 4.98 Å². The number of anilines is 2. The number of nitrogens with one attached hydrogen (secondary N) is 2. The minimum Gasteiger partial charge on any atom is -0.484 e. The van der Waals surface area contributed by atoms with Crippen LogP contribution in [-0.4, -0.2) is 23.7 Å². The molecule has 0 bridgehead atoms. The van der Waals surface area contributed by atoms with Crippen molar-refractivity contribution in [3.05, 3.63) is 84.6 Å². The maximum absolute atomic E-state index is 11.9. The molecule has 1 heterocycles. The first-order valence-corrected chi connectivity index (χ1v) is 8.07. The van der Waals surface area contributed by atoms with Crippen LogP contribution in [0, 0.1) is 0 Å². The van der Waals surface area contributed by atoms with Crippen LogP contribution in [0.15, 0.2) is 84.1 Å². The lowest BCUT2D eigenvalue weighted by Gasteiger charge is -2.07. The smallest absolute Gasteiger partial charge is 0.262 e. The average Bonchev–Trinajstić information content (AvgIpc) is 2.69. The van der Waals surface area contributed by atoms with Gasteiger partial charge in [0.25, 0.3) is 5.91 Å². The third-order valence-electron chi connectivity index (χ3n) is 3.37. The Kier molecular flexibility index (Phi) is 5.93. The summed E-state index contributed by atoms with van der Waals surface area (Å²) < 4.78 is 5.49. The van der Waals surface area contributed by atoms with Crippen molar-refractivity contribution in [2.24, 2.45) is 5.10 Å². The van der Waals surface area contributed by atoms with Crippen molar-refractivity contribution in [2.45, 2.75) is 0 Å². The number of aromatic nitrogens is 1. The van der Waals surface area contributed by atoms with Gasteiger partial charge in [0.1, 0.15) is 11.6 Å². The van der Waals surface area contributed by atoms with Crippen LogP contribution in [0.3, 0.4) is 0 Å². The number of amides is 1. The minimum absolute atomic E-state index is 0.0520. The van der Waals surface area contributed by atoms with Crippen LogP contribution >= 0.6 is 0 Å². The number of nitrogens with zero attached hydrogens (tertiary/aromatic N) is 2. The van der Waals surface area contributed by atoms with Crippen LogP contribution in [0.4, 0.5) is 11.5 Å². The van der Waals surface area contributed by atoms with Gasteiger partial charge in [-0.2, -0.15) is 5.10 Å². The molecular weight excluding hydrogens is 328 g/mol. The Morgan fingerprint density at radius 1 is 1.00 bits per heavy atom. The Morgan fingerprint density at radius 2 is 1.77 bits per heavy atom. The second-order valence-electron chi connectivity index (χ2n) is 5.36. The molecule has 6 nitrogen and oxygen atoms in total. The van der Waals surface area contributed by atoms with E-state index in [-0.39, 0.29) is 12.5 Å². The molecule has 0 unspecified atom stereocenters. The molecule has 0 radical (unpaired) electrons. The zero-order valence-electron chi connectivity index (χ0n) is 14.0. The Bertz CT molecular complexity index is 850. The van der Waals surface area contributed by atoms with Crippen molar-refractivity contribution in [1.82, 2.24) is 4.98 Å². The molecule has 3 rings (SSSR count). The lowest BCUT2D eigenvalue weighted by atomic mass is 10.2. The number of hydrogen-bond acceptors (Lipinski definition) is 5. The zero-order valence-corrected chi connectivity index (χ0v) is 14.0. The zero-order chi connectivity index (χ0) is 18.0. The van der Waals surface area contributed by atoms with Gasteiger partial charge in [0.15, 0.2) is 6.61 Å². The van der Waals surface area contributed by atoms with Gasteiger partial charge in [-0.1, -0.05) is 24.3 Å². The van der Waals surface area contributed by atoms with Gasteiger partial charge < -0.3 is 10.1 Å². The Morgan fingerprint density at radius 3 is 2.50 bits per heavy atom. The fraction of sp³-hybridized carbons (Fsp3) is 0.0500. The Hall–Kier alpha value is -3.67. The summed E-state index contributed by atoms with van der Waals surface area (Å²) in [6.45, 7) is -0.0520. The van der Waals surface area contributed by atoms with Crippen LogP contribution in [0.25, 0.3) is 0 Å². The molecule has 0 aliphatic carbocycles. The minimum atomic E-state index is -0.207. The normalized spacial score (nSPS) is 10.5. The third kappa shape index (κ3) is 5.45. The highest BCUT2D eigenvalue weighted by Gasteiger charge is 2.03. The summed E-state index contributed by atoms with van der Waals surface area (Å²) in [5.74, 6) is 1.08. The Labute approximate surface area is 151 Å². The number of pyridine rings is 1. The average molecular weight is 346 g/mol. The summed E-state index contributed by atoms with van der Waals surface area (Å²) >= 11 is 0. The van der Waals surface area contributed by atoms with E-state index in [0.717, 1.165) is 11.3 Å². The standard InChI is InChI=1S/C20H18N4O2/c25-20(23-17-6-2-1-3-7-17)15-26-18-11-9-16(10-12-18)14-22-24-19-8-4-5-13-21-19/h1-14H,15H2,(H,21,24)(H,23,25). The number of carbonyl (C=O) groups is 1. The summed E-state index contributed by atoms with van der Waals surface area (Å²) in [6.07, 6.45) is 3.37. The van der Waals surface area contributed by atoms with Crippen molar-refractivity contribution in [2.75, 3.05) is 17.3 Å². The quantitative estimate of drug-likeness (QED) is 0.507. The second-order valence-corrected chi connectivity index (χ2v) is 5.36. The van der Waals surface area contributed by atoms with Gasteiger partial charge in [-0.05, 0) is 54.1 Å². The monoisotopic (exact) mass is 346 g/mol. The van der Waals surface area contributed by atoms with Crippen LogP contribution in [0.1, 0.15) is 5.56 Å². The van der Waals surface area contributed by atoms with E-state index in [9.17, 15) is 4.79 Å². The molecule has 0 aliphatic heterocycles. The molecule has 26 heavy (non-hydrogen) atoms. The summed E-state index contributed by atoms with van der Waals surface area (Å²) in [6, 6.07) is 22.1. The molecule has 0 atom stereocenters. The molecule has 3 aromatic rings. The first kappa shape index (κ1) is 17.2. The fourth-order valence-corrected chi connectivity index (χ4v) is 2.12. The van der Waals surface area contributed by atoms with Crippen LogP contribution in [-0.2, 0) is 4.79 Å². The van der Waals surface area contributed by atoms with Crippen molar-refractivity contribution < 1.29 is 9.53 Å². The van der Waals surface area contributed by atoms with E-state index < -0.39 is 0 Å². The number of rotatable bonds is 7. The third-order valence-corrected chi connectivity index (χ3v) is 3.37. The maximum atomic E-state index is 11.9. The van der Waals surface area contributed by atoms with Gasteiger partial charge in [0.05, 0.1) is 6.21 Å². The lowest BCUT2D eigenvalue weighted by Crippen LogP contribution is -2.20. The number of para-hydroxylation sites is 1. The van der Waals surface area contributed by atoms with E-state index in [1.165, 1.54) is 0 Å². The van der Waals surface area contributed by atoms with Crippen LogP contribution in [0.5, 0.6) is 5.75 Å². The topological polar surface area (TPSA) is 75.6 Å². The van der Waals surface area contributed by atoms with E-state index >= 15 is 0 Å². The molecular formula is C20H18N4O2. The highest BCUT2D eigenvalue weighted by Crippen LogP contribution is 2.12. The van der Waals surface area contributed by atoms with Crippen molar-refractivity contribution in [1.29, 1.82) is 0 Å². The first-order valence-electron chi connectivity index (χ1n) is 8.07. The molecule has 0 fully saturated rings. The van der Waals surface area contributed by atoms with Crippen molar-refractivity contribution in [3.8, 4) is 5.75 Å². The molecule has 0 aliphatic rings. The molecule has 0 spiro atoms. The van der Waals surface area contributed by atoms with E-state index in [1.807, 2.05) is 60.7 Å². The molecule has 2 N–H and O–H groups in total. The van der Waals surface area contributed by atoms with Crippen LogP contribution < -0.4 is 15.5 Å². The van der Waals surface area contributed by atoms with E-state index in [2.05, 4.69) is 20.8 Å². The molecule has 1 aromatic heterocycles. The van der Waals surface area contributed by atoms with E-state index in [0.29, 0.717) is 11.6 Å². The first-order chi connectivity index (χ1) is 12.8. The number of carbonyl (C=O) groups excluding carboxylic acids is 1. The van der Waals surface area contributed by atoms with E-state index in [1.54, 1.807) is 24.5 Å². The Balaban J connectivity index is 1.46. The van der Waals surface area contributed by atoms with Gasteiger partial charge >= 0.3 is 0 Å². The molecule has 1 amide bonds. The summed E-state index contributed by atoms with van der Waals surface area (Å²) in [5.41, 5.74) is 4.49. The number of hydrazone groups is 1. The molecule has 6 heteroatoms. The van der Waals surface area contributed by atoms with Crippen molar-refractivity contribution >= 4 is 23.6 Å². The fourth-order valence-electron chi connectivity index (χ4n) is 2.12. The van der Waals surface area contributed by atoms with Crippen molar-refractivity contribution in [3.63, 3.8) is 0 Å². The maximum Gasteiger partial charge on any atom is 0.262 e. The highest BCUT2D eigenvalue weighted by molar-refractivity contribution is 5.91. The SMILES string of the molecule is O=C(COc1ccc(C=NNc2ccccn2)cc1)Nc1ccccc1. The summed E-state index contributed by atoms with van der Waals surface area (Å²) in [4.78, 5) is 16.0. The molecule has 130 valence electrons. The highest BCUT2D eigenvalue weighted by atomic mass is 16.5. The predicted octanol–water partition coefficient (Wildman–Crippen LogP) is 3.55. The van der Waals surface area contributed by atoms with Gasteiger partial charge in [0.2, 0.25) is 0 Å². The largest absolute Gasteiger partial charge is 0.484 e. The summed E-state index contributed by atoms with van der Waals surface area (Å²) in [7, 11) is 0.